The summed E-state index contributed by atoms with van der Waals surface area (Å²) < 4.78 is 6.51. The molecule has 1 amide bonds. The number of nitrogens with one attached hydrogen (secondary N) is 1. The minimum atomic E-state index is 0.0169. The number of likely N-dealkylation sites (tertiary alicyclic amines) is 1. The smallest absolute Gasteiger partial charge is 0.261 e. The van der Waals surface area contributed by atoms with E-state index in [1.54, 1.807) is 0 Å². The zero-order valence-electron chi connectivity index (χ0n) is 16.3. The van der Waals surface area contributed by atoms with Crippen LogP contribution in [-0.4, -0.2) is 53.7 Å². The van der Waals surface area contributed by atoms with Gasteiger partial charge in [-0.25, -0.2) is 0 Å². The number of hydrogen-bond acceptors (Lipinski definition) is 5. The van der Waals surface area contributed by atoms with Crippen molar-refractivity contribution in [3.63, 3.8) is 0 Å². The molecule has 5 nitrogen and oxygen atoms in total. The van der Waals surface area contributed by atoms with Gasteiger partial charge in [-0.2, -0.15) is 0 Å². The summed E-state index contributed by atoms with van der Waals surface area (Å²) in [7, 11) is 0. The van der Waals surface area contributed by atoms with E-state index < -0.39 is 0 Å². The van der Waals surface area contributed by atoms with Crippen LogP contribution in [0.2, 0.25) is 0 Å². The number of amides is 1. The topological polar surface area (TPSA) is 54.5 Å². The molecule has 0 aromatic carbocycles. The second-order valence-electron chi connectivity index (χ2n) is 8.47. The molecule has 2 aromatic rings. The lowest BCUT2D eigenvalue weighted by Gasteiger charge is -2.29. The van der Waals surface area contributed by atoms with Crippen LogP contribution in [0, 0.1) is 18.8 Å². The molecule has 2 bridgehead atoms. The maximum absolute atomic E-state index is 12.4. The van der Waals surface area contributed by atoms with Crippen LogP contribution in [0.3, 0.4) is 0 Å². The van der Waals surface area contributed by atoms with Crippen LogP contribution >= 0.6 is 11.3 Å². The van der Waals surface area contributed by atoms with Crippen molar-refractivity contribution in [1.29, 1.82) is 0 Å². The number of rotatable bonds is 6. The molecule has 6 heteroatoms. The Bertz CT molecular complexity index is 855. The van der Waals surface area contributed by atoms with Gasteiger partial charge in [0.2, 0.25) is 0 Å². The Labute approximate surface area is 170 Å². The van der Waals surface area contributed by atoms with Gasteiger partial charge in [-0.15, -0.1) is 11.3 Å². The first kappa shape index (κ1) is 18.3. The van der Waals surface area contributed by atoms with E-state index >= 15 is 0 Å². The monoisotopic (exact) mass is 397 g/mol. The van der Waals surface area contributed by atoms with Crippen molar-refractivity contribution in [2.75, 3.05) is 26.2 Å². The fourth-order valence-corrected chi connectivity index (χ4v) is 6.09. The van der Waals surface area contributed by atoms with Crippen molar-refractivity contribution in [3.8, 4) is 0 Å². The van der Waals surface area contributed by atoms with Gasteiger partial charge in [0.05, 0.1) is 16.6 Å². The Morgan fingerprint density at radius 3 is 3.14 bits per heavy atom. The van der Waals surface area contributed by atoms with Gasteiger partial charge in [0.1, 0.15) is 0 Å². The Balaban J connectivity index is 1.20. The predicted molar refractivity (Wildman–Crippen MR) is 110 cm³/mol. The first-order valence-electron chi connectivity index (χ1n) is 10.3. The van der Waals surface area contributed by atoms with Crippen molar-refractivity contribution in [2.45, 2.75) is 37.9 Å². The lowest BCUT2D eigenvalue weighted by molar-refractivity contribution is 0.00284. The van der Waals surface area contributed by atoms with Crippen LogP contribution < -0.4 is 5.32 Å². The van der Waals surface area contributed by atoms with Crippen molar-refractivity contribution in [2.24, 2.45) is 11.8 Å². The van der Waals surface area contributed by atoms with Crippen LogP contribution in [0.25, 0.3) is 0 Å². The molecule has 3 fully saturated rings. The van der Waals surface area contributed by atoms with Crippen LogP contribution in [0.1, 0.15) is 33.9 Å². The van der Waals surface area contributed by atoms with Gasteiger partial charge in [-0.05, 0) is 43.3 Å². The molecule has 1 spiro atoms. The molecule has 2 aromatic heterocycles. The molecular weight excluding hydrogens is 370 g/mol. The van der Waals surface area contributed by atoms with Gasteiger partial charge in [0.15, 0.2) is 0 Å². The van der Waals surface area contributed by atoms with Crippen LogP contribution in [-0.2, 0) is 11.2 Å². The molecule has 5 heterocycles. The molecule has 28 heavy (non-hydrogen) atoms. The second-order valence-corrected chi connectivity index (χ2v) is 9.42. The molecule has 1 N–H and O–H groups in total. The van der Waals surface area contributed by atoms with E-state index in [1.807, 2.05) is 30.5 Å². The molecule has 4 atom stereocenters. The largest absolute Gasteiger partial charge is 0.370 e. The van der Waals surface area contributed by atoms with E-state index in [4.69, 9.17) is 4.74 Å². The Kier molecular flexibility index (Phi) is 4.73. The first-order valence-corrected chi connectivity index (χ1v) is 11.2. The normalized spacial score (nSPS) is 31.2. The highest BCUT2D eigenvalue weighted by Crippen LogP contribution is 2.54. The molecule has 0 saturated carbocycles. The lowest BCUT2D eigenvalue weighted by atomic mass is 9.73. The van der Waals surface area contributed by atoms with Gasteiger partial charge >= 0.3 is 0 Å². The molecule has 0 unspecified atom stereocenters. The molecule has 0 radical (unpaired) electrons. The summed E-state index contributed by atoms with van der Waals surface area (Å²) in [5.41, 5.74) is 2.26. The zero-order chi connectivity index (χ0) is 19.1. The fraction of sp³-hybridized carbons (Fsp3) is 0.545. The van der Waals surface area contributed by atoms with Crippen molar-refractivity contribution in [3.05, 3.63) is 52.0 Å². The van der Waals surface area contributed by atoms with Gasteiger partial charge in [0.25, 0.3) is 5.91 Å². The summed E-state index contributed by atoms with van der Waals surface area (Å²) in [5.74, 6) is 1.01. The van der Waals surface area contributed by atoms with E-state index in [0.29, 0.717) is 17.9 Å². The van der Waals surface area contributed by atoms with Gasteiger partial charge < -0.3 is 10.1 Å². The van der Waals surface area contributed by atoms with E-state index in [0.717, 1.165) is 56.0 Å². The Morgan fingerprint density at radius 2 is 2.32 bits per heavy atom. The number of hydrogen-bond donors (Lipinski definition) is 1. The zero-order valence-corrected chi connectivity index (χ0v) is 17.1. The fourth-order valence-electron chi connectivity index (χ4n) is 5.45. The SMILES string of the molecule is Cc1cccc(CCN2C[C@@H]3[C@H](CNC(=O)c4cccs4)[C@H]4CC[C@]3(C2)O4)n1. The number of fused-ring (bicyclic) bond motifs is 1. The standard InChI is InChI=1S/C22H27N3O2S/c1-15-4-2-5-16(24-15)8-10-25-13-18-17(19-7-9-22(18,14-25)27-19)12-23-21(26)20-6-3-11-28-20/h2-6,11,17-19H,7-10,12-14H2,1H3,(H,23,26)/t17-,18+,19+,22+/m0/s1. The third kappa shape index (κ3) is 3.27. The predicted octanol–water partition coefficient (Wildman–Crippen LogP) is 2.90. The lowest BCUT2D eigenvalue weighted by Crippen LogP contribution is -2.41. The maximum atomic E-state index is 12.4. The molecule has 0 aliphatic carbocycles. The first-order chi connectivity index (χ1) is 13.6. The number of nitrogens with zero attached hydrogens (tertiary/aromatic N) is 2. The minimum absolute atomic E-state index is 0.0169. The molecule has 5 rings (SSSR count). The number of ether oxygens (including phenoxy) is 1. The summed E-state index contributed by atoms with van der Waals surface area (Å²) in [6, 6.07) is 10.1. The third-order valence-electron chi connectivity index (χ3n) is 6.73. The number of aromatic nitrogens is 1. The van der Waals surface area contributed by atoms with Crippen molar-refractivity contribution in [1.82, 2.24) is 15.2 Å². The van der Waals surface area contributed by atoms with E-state index in [1.165, 1.54) is 17.0 Å². The van der Waals surface area contributed by atoms with E-state index in [-0.39, 0.29) is 11.5 Å². The second kappa shape index (κ2) is 7.25. The van der Waals surface area contributed by atoms with Gasteiger partial charge in [0, 0.05) is 55.8 Å². The summed E-state index contributed by atoms with van der Waals surface area (Å²) in [4.78, 5) is 20.3. The summed E-state index contributed by atoms with van der Waals surface area (Å²) >= 11 is 1.50. The summed E-state index contributed by atoms with van der Waals surface area (Å²) in [6.45, 7) is 5.89. The highest BCUT2D eigenvalue weighted by Gasteiger charge is 2.62. The molecule has 3 saturated heterocycles. The number of aryl methyl sites for hydroxylation is 1. The molecule has 3 aliphatic rings. The molecule has 148 valence electrons. The van der Waals surface area contributed by atoms with Crippen LogP contribution in [0.4, 0.5) is 0 Å². The van der Waals surface area contributed by atoms with Crippen molar-refractivity contribution >= 4 is 17.2 Å². The molecular formula is C22H27N3O2S. The number of thiophene rings is 1. The van der Waals surface area contributed by atoms with E-state index in [2.05, 4.69) is 27.3 Å². The minimum Gasteiger partial charge on any atom is -0.370 e. The molecule has 3 aliphatic heterocycles. The Morgan fingerprint density at radius 1 is 1.39 bits per heavy atom. The number of carbonyl (C=O) groups is 1. The highest BCUT2D eigenvalue weighted by molar-refractivity contribution is 7.12. The van der Waals surface area contributed by atoms with E-state index in [9.17, 15) is 4.79 Å². The van der Waals surface area contributed by atoms with Crippen molar-refractivity contribution < 1.29 is 9.53 Å². The van der Waals surface area contributed by atoms with Gasteiger partial charge in [-0.3, -0.25) is 14.7 Å². The highest BCUT2D eigenvalue weighted by atomic mass is 32.1. The van der Waals surface area contributed by atoms with Crippen LogP contribution in [0.5, 0.6) is 0 Å². The van der Waals surface area contributed by atoms with Crippen LogP contribution in [0.15, 0.2) is 35.7 Å². The maximum Gasteiger partial charge on any atom is 0.261 e. The number of pyridine rings is 1. The summed E-state index contributed by atoms with van der Waals surface area (Å²) in [6.07, 6.45) is 3.59. The quantitative estimate of drug-likeness (QED) is 0.814. The average molecular weight is 398 g/mol. The number of carbonyl (C=O) groups excluding carboxylic acids is 1. The van der Waals surface area contributed by atoms with Gasteiger partial charge in [-0.1, -0.05) is 12.1 Å². The Hall–Kier alpha value is -1.76. The summed E-state index contributed by atoms with van der Waals surface area (Å²) in [5, 5.41) is 5.11. The third-order valence-corrected chi connectivity index (χ3v) is 7.60. The average Bonchev–Trinajstić information content (AvgIpc) is 3.45.